The SMILES string of the molecule is CCOc1ccc(N(CC(=O)N/N=C\c2ccc(OCC(=O)OCCSC)cc2)S(=O)(=O)c2ccc(SC)cc2)cc1. The van der Waals surface area contributed by atoms with Crippen LogP contribution in [0.1, 0.15) is 12.5 Å². The van der Waals surface area contributed by atoms with Gasteiger partial charge in [-0.2, -0.15) is 16.9 Å². The van der Waals surface area contributed by atoms with E-state index < -0.39 is 28.4 Å². The number of thioether (sulfide) groups is 2. The standard InChI is InChI=1S/C29H33N3O7S3/c1-4-37-24-11-7-23(8-12-24)32(42(35,36)27-15-13-26(41-3)14-16-27)20-28(33)31-30-19-22-5-9-25(10-6-22)39-21-29(34)38-17-18-40-2/h5-16,19H,4,17-18,20-21H2,1-3H3,(H,31,33)/b30-19-. The Hall–Kier alpha value is -3.68. The second-order valence-electron chi connectivity index (χ2n) is 8.48. The molecule has 0 radical (unpaired) electrons. The molecule has 0 atom stereocenters. The summed E-state index contributed by atoms with van der Waals surface area (Å²) < 4.78 is 44.1. The number of amides is 1. The number of anilines is 1. The molecule has 0 heterocycles. The highest BCUT2D eigenvalue weighted by atomic mass is 32.2. The Bertz CT molecular complexity index is 1430. The minimum Gasteiger partial charge on any atom is -0.494 e. The van der Waals surface area contributed by atoms with Crippen LogP contribution in [0.25, 0.3) is 0 Å². The Kier molecular flexibility index (Phi) is 13.0. The topological polar surface area (TPSA) is 124 Å². The molecular weight excluding hydrogens is 599 g/mol. The number of benzene rings is 3. The van der Waals surface area contributed by atoms with Crippen LogP contribution in [-0.4, -0.2) is 71.1 Å². The molecule has 13 heteroatoms. The molecule has 1 N–H and O–H groups in total. The van der Waals surface area contributed by atoms with Crippen molar-refractivity contribution in [1.82, 2.24) is 5.43 Å². The molecule has 3 rings (SSSR count). The van der Waals surface area contributed by atoms with Gasteiger partial charge in [0, 0.05) is 10.6 Å². The lowest BCUT2D eigenvalue weighted by Gasteiger charge is -2.24. The van der Waals surface area contributed by atoms with Crippen molar-refractivity contribution >= 4 is 57.3 Å². The van der Waals surface area contributed by atoms with Crippen LogP contribution < -0.4 is 19.2 Å². The second-order valence-corrected chi connectivity index (χ2v) is 12.2. The van der Waals surface area contributed by atoms with Crippen LogP contribution in [-0.2, 0) is 24.3 Å². The predicted molar refractivity (Wildman–Crippen MR) is 167 cm³/mol. The van der Waals surface area contributed by atoms with E-state index in [4.69, 9.17) is 14.2 Å². The third kappa shape index (κ3) is 10.00. The van der Waals surface area contributed by atoms with E-state index in [-0.39, 0.29) is 11.5 Å². The largest absolute Gasteiger partial charge is 0.494 e. The van der Waals surface area contributed by atoms with E-state index in [0.717, 1.165) is 15.0 Å². The first kappa shape index (κ1) is 32.8. The summed E-state index contributed by atoms with van der Waals surface area (Å²) in [7, 11) is -4.08. The molecule has 42 heavy (non-hydrogen) atoms. The quantitative estimate of drug-likeness (QED) is 0.0804. The summed E-state index contributed by atoms with van der Waals surface area (Å²) in [6.45, 7) is 1.95. The van der Waals surface area contributed by atoms with Gasteiger partial charge in [0.25, 0.3) is 15.9 Å². The average Bonchev–Trinajstić information content (AvgIpc) is 3.00. The van der Waals surface area contributed by atoms with Crippen LogP contribution in [0.5, 0.6) is 11.5 Å². The Morgan fingerprint density at radius 3 is 2.19 bits per heavy atom. The fourth-order valence-electron chi connectivity index (χ4n) is 3.48. The first-order valence-corrected chi connectivity index (χ1v) is 16.9. The van der Waals surface area contributed by atoms with Gasteiger partial charge in [-0.1, -0.05) is 0 Å². The summed E-state index contributed by atoms with van der Waals surface area (Å²) in [6.07, 6.45) is 5.24. The van der Waals surface area contributed by atoms with Crippen LogP contribution in [0, 0.1) is 0 Å². The molecule has 0 aliphatic heterocycles. The number of sulfonamides is 1. The van der Waals surface area contributed by atoms with E-state index in [0.29, 0.717) is 36.0 Å². The lowest BCUT2D eigenvalue weighted by Crippen LogP contribution is -2.39. The highest BCUT2D eigenvalue weighted by Crippen LogP contribution is 2.27. The summed E-state index contributed by atoms with van der Waals surface area (Å²) >= 11 is 3.08. The first-order chi connectivity index (χ1) is 20.3. The van der Waals surface area contributed by atoms with Crippen molar-refractivity contribution in [3.05, 3.63) is 78.4 Å². The molecule has 0 aliphatic rings. The highest BCUT2D eigenvalue weighted by Gasteiger charge is 2.27. The number of esters is 1. The number of hydrogen-bond acceptors (Lipinski definition) is 10. The number of carbonyl (C=O) groups excluding carboxylic acids is 2. The van der Waals surface area contributed by atoms with Crippen molar-refractivity contribution in [3.8, 4) is 11.5 Å². The van der Waals surface area contributed by atoms with E-state index >= 15 is 0 Å². The van der Waals surface area contributed by atoms with Gasteiger partial charge in [0.2, 0.25) is 0 Å². The van der Waals surface area contributed by atoms with Gasteiger partial charge >= 0.3 is 5.97 Å². The van der Waals surface area contributed by atoms with Gasteiger partial charge in [-0.15, -0.1) is 11.8 Å². The summed E-state index contributed by atoms with van der Waals surface area (Å²) in [6, 6.07) is 19.6. The monoisotopic (exact) mass is 631 g/mol. The fraction of sp³-hybridized carbons (Fsp3) is 0.276. The predicted octanol–water partition coefficient (Wildman–Crippen LogP) is 4.44. The smallest absolute Gasteiger partial charge is 0.344 e. The summed E-state index contributed by atoms with van der Waals surface area (Å²) in [5, 5.41) is 3.96. The third-order valence-electron chi connectivity index (χ3n) is 5.56. The van der Waals surface area contributed by atoms with E-state index in [9.17, 15) is 18.0 Å². The van der Waals surface area contributed by atoms with Crippen LogP contribution in [0.2, 0.25) is 0 Å². The van der Waals surface area contributed by atoms with Gasteiger partial charge in [0.15, 0.2) is 6.61 Å². The number of nitrogens with one attached hydrogen (secondary N) is 1. The molecule has 10 nitrogen and oxygen atoms in total. The molecule has 0 bridgehead atoms. The maximum absolute atomic E-state index is 13.6. The van der Waals surface area contributed by atoms with Crippen molar-refractivity contribution in [3.63, 3.8) is 0 Å². The molecule has 3 aromatic rings. The molecule has 224 valence electrons. The van der Waals surface area contributed by atoms with Crippen LogP contribution >= 0.6 is 23.5 Å². The van der Waals surface area contributed by atoms with Crippen LogP contribution in [0.15, 0.2) is 87.7 Å². The van der Waals surface area contributed by atoms with Gasteiger partial charge < -0.3 is 14.2 Å². The van der Waals surface area contributed by atoms with Crippen LogP contribution in [0.3, 0.4) is 0 Å². The average molecular weight is 632 g/mol. The maximum atomic E-state index is 13.6. The zero-order chi connectivity index (χ0) is 30.4. The number of hydrazone groups is 1. The van der Waals surface area contributed by atoms with Gasteiger partial charge in [0.1, 0.15) is 24.7 Å². The van der Waals surface area contributed by atoms with Crippen molar-refractivity contribution in [1.29, 1.82) is 0 Å². The Balaban J connectivity index is 1.66. The summed E-state index contributed by atoms with van der Waals surface area (Å²) in [5.74, 6) is 0.692. The molecule has 3 aromatic carbocycles. The molecule has 1 amide bonds. The number of rotatable bonds is 16. The van der Waals surface area contributed by atoms with Crippen molar-refractivity contribution in [2.75, 3.05) is 48.9 Å². The summed E-state index contributed by atoms with van der Waals surface area (Å²) in [4.78, 5) is 25.5. The van der Waals surface area contributed by atoms with Crippen molar-refractivity contribution in [2.24, 2.45) is 5.10 Å². The Labute approximate surface area is 254 Å². The molecule has 0 unspecified atom stereocenters. The number of carbonyl (C=O) groups is 2. The Morgan fingerprint density at radius 1 is 0.929 bits per heavy atom. The van der Waals surface area contributed by atoms with E-state index in [2.05, 4.69) is 10.5 Å². The zero-order valence-electron chi connectivity index (χ0n) is 23.5. The van der Waals surface area contributed by atoms with E-state index in [1.165, 1.54) is 30.1 Å². The van der Waals surface area contributed by atoms with Crippen molar-refractivity contribution < 1.29 is 32.2 Å². The molecular formula is C29H33N3O7S3. The first-order valence-electron chi connectivity index (χ1n) is 12.9. The van der Waals surface area contributed by atoms with Gasteiger partial charge in [-0.25, -0.2) is 18.6 Å². The lowest BCUT2D eigenvalue weighted by molar-refractivity contribution is -0.145. The molecule has 0 fully saturated rings. The Morgan fingerprint density at radius 2 is 1.57 bits per heavy atom. The molecule has 0 spiro atoms. The van der Waals surface area contributed by atoms with E-state index in [1.54, 1.807) is 72.4 Å². The number of ether oxygens (including phenoxy) is 3. The zero-order valence-corrected chi connectivity index (χ0v) is 26.0. The van der Waals surface area contributed by atoms with Crippen LogP contribution in [0.4, 0.5) is 5.69 Å². The minimum absolute atomic E-state index is 0.0565. The normalized spacial score (nSPS) is 11.2. The molecule has 0 aromatic heterocycles. The van der Waals surface area contributed by atoms with Crippen molar-refractivity contribution in [2.45, 2.75) is 16.7 Å². The maximum Gasteiger partial charge on any atom is 0.344 e. The number of nitrogens with zero attached hydrogens (tertiary/aromatic N) is 2. The highest BCUT2D eigenvalue weighted by molar-refractivity contribution is 7.98. The van der Waals surface area contributed by atoms with Gasteiger partial charge in [-0.05, 0) is 97.8 Å². The van der Waals surface area contributed by atoms with Gasteiger partial charge in [0.05, 0.1) is 23.4 Å². The second kappa shape index (κ2) is 16.7. The lowest BCUT2D eigenvalue weighted by atomic mass is 10.2. The molecule has 0 saturated carbocycles. The minimum atomic E-state index is -4.08. The third-order valence-corrected chi connectivity index (χ3v) is 8.67. The number of hydrogen-bond donors (Lipinski definition) is 1. The van der Waals surface area contributed by atoms with Gasteiger partial charge in [-0.3, -0.25) is 9.10 Å². The summed E-state index contributed by atoms with van der Waals surface area (Å²) in [5.41, 5.74) is 3.34. The molecule has 0 saturated heterocycles. The van der Waals surface area contributed by atoms with E-state index in [1.807, 2.05) is 19.4 Å². The fourth-order valence-corrected chi connectivity index (χ4v) is 5.56. The molecule has 0 aliphatic carbocycles.